The number of carbonyl (C=O) groups is 2. The Hall–Kier alpha value is -1.36. The largest absolute Gasteiger partial charge is 0.463 e. The highest BCUT2D eigenvalue weighted by Gasteiger charge is 2.30. The van der Waals surface area contributed by atoms with Gasteiger partial charge in [0.05, 0.1) is 6.10 Å². The van der Waals surface area contributed by atoms with Gasteiger partial charge in [0.1, 0.15) is 18.3 Å². The summed E-state index contributed by atoms with van der Waals surface area (Å²) >= 11 is 0. The van der Waals surface area contributed by atoms with E-state index in [1.54, 1.807) is 6.92 Å². The smallest absolute Gasteiger partial charge is 0.303 e. The van der Waals surface area contributed by atoms with Crippen LogP contribution < -0.4 is 0 Å². The summed E-state index contributed by atoms with van der Waals surface area (Å²) in [7, 11) is 0. The highest BCUT2D eigenvalue weighted by molar-refractivity contribution is 5.66. The van der Waals surface area contributed by atoms with Crippen molar-refractivity contribution in [2.45, 2.75) is 58.5 Å². The average molecular weight is 256 g/mol. The topological polar surface area (TPSA) is 61.8 Å². The van der Waals surface area contributed by atoms with Crippen LogP contribution in [0, 0.1) is 0 Å². The Kier molecular flexibility index (Phi) is 5.34. The Balaban J connectivity index is 2.61. The molecule has 0 N–H and O–H groups in total. The first-order valence-corrected chi connectivity index (χ1v) is 6.06. The van der Waals surface area contributed by atoms with Crippen LogP contribution >= 0.6 is 0 Å². The lowest BCUT2D eigenvalue weighted by Crippen LogP contribution is -2.39. The van der Waals surface area contributed by atoms with Crippen LogP contribution in [0.4, 0.5) is 0 Å². The molecule has 0 radical (unpaired) electrons. The van der Waals surface area contributed by atoms with E-state index >= 15 is 0 Å². The fourth-order valence-corrected chi connectivity index (χ4v) is 1.94. The summed E-state index contributed by atoms with van der Waals surface area (Å²) in [6.45, 7) is 6.42. The molecular formula is C13H20O5. The van der Waals surface area contributed by atoms with Crippen LogP contribution in [-0.2, 0) is 23.8 Å². The van der Waals surface area contributed by atoms with Crippen LogP contribution in [0.1, 0.15) is 34.1 Å². The number of esters is 2. The third kappa shape index (κ3) is 4.87. The molecule has 0 saturated carbocycles. The van der Waals surface area contributed by atoms with Crippen molar-refractivity contribution < 1.29 is 23.8 Å². The quantitative estimate of drug-likeness (QED) is 0.565. The van der Waals surface area contributed by atoms with Gasteiger partial charge in [0.15, 0.2) is 0 Å². The molecule has 0 aromatic rings. The van der Waals surface area contributed by atoms with Gasteiger partial charge in [-0.1, -0.05) is 6.08 Å². The van der Waals surface area contributed by atoms with E-state index in [9.17, 15) is 9.59 Å². The van der Waals surface area contributed by atoms with Gasteiger partial charge >= 0.3 is 11.9 Å². The van der Waals surface area contributed by atoms with Crippen LogP contribution in [0.5, 0.6) is 0 Å². The zero-order valence-corrected chi connectivity index (χ0v) is 11.2. The maximum Gasteiger partial charge on any atom is 0.303 e. The molecular weight excluding hydrogens is 236 g/mol. The summed E-state index contributed by atoms with van der Waals surface area (Å²) in [6.07, 6.45) is 3.14. The lowest BCUT2D eigenvalue weighted by atomic mass is 10.0. The summed E-state index contributed by atoms with van der Waals surface area (Å²) in [5.41, 5.74) is 0. The van der Waals surface area contributed by atoms with Crippen LogP contribution in [0.3, 0.4) is 0 Å². The monoisotopic (exact) mass is 256 g/mol. The van der Waals surface area contributed by atoms with E-state index < -0.39 is 6.10 Å². The molecule has 1 rings (SSSR count). The standard InChI is InChI=1S/C13H20O5/c1-8-5-6-12(18-11(4)15)13(17-8)7-9(2)16-10(3)14/h5-6,8-9,12-13H,7H2,1-4H3/t8-,9+,12-,13-/m0/s1. The molecule has 1 aliphatic heterocycles. The van der Waals surface area contributed by atoms with Gasteiger partial charge in [0.2, 0.25) is 0 Å². The van der Waals surface area contributed by atoms with Gasteiger partial charge < -0.3 is 14.2 Å². The van der Waals surface area contributed by atoms with Crippen LogP contribution in [0.2, 0.25) is 0 Å². The zero-order chi connectivity index (χ0) is 13.7. The maximum atomic E-state index is 11.0. The first-order valence-electron chi connectivity index (χ1n) is 6.06. The Labute approximate surface area is 107 Å². The van der Waals surface area contributed by atoms with E-state index in [4.69, 9.17) is 14.2 Å². The molecule has 18 heavy (non-hydrogen) atoms. The highest BCUT2D eigenvalue weighted by Crippen LogP contribution is 2.21. The SMILES string of the molecule is CC(=O)O[C@H](C)C[C@@H]1O[C@@H](C)C=C[C@@H]1OC(C)=O. The predicted octanol–water partition coefficient (Wildman–Crippen LogP) is 1.60. The van der Waals surface area contributed by atoms with E-state index in [1.807, 2.05) is 19.1 Å². The van der Waals surface area contributed by atoms with Gasteiger partial charge in [-0.05, 0) is 19.9 Å². The molecule has 0 bridgehead atoms. The van der Waals surface area contributed by atoms with Gasteiger partial charge in [0.25, 0.3) is 0 Å². The van der Waals surface area contributed by atoms with Crippen molar-refractivity contribution in [2.24, 2.45) is 0 Å². The molecule has 0 aromatic carbocycles. The minimum Gasteiger partial charge on any atom is -0.463 e. The molecule has 1 aliphatic rings. The van der Waals surface area contributed by atoms with Crippen LogP contribution in [0.25, 0.3) is 0 Å². The Bertz CT molecular complexity index is 336. The van der Waals surface area contributed by atoms with Crippen LogP contribution in [-0.4, -0.2) is 36.4 Å². The third-order valence-corrected chi connectivity index (χ3v) is 2.56. The number of rotatable bonds is 4. The lowest BCUT2D eigenvalue weighted by Gasteiger charge is -2.31. The maximum absolute atomic E-state index is 11.0. The molecule has 0 amide bonds. The molecule has 5 heteroatoms. The first-order chi connectivity index (χ1) is 8.38. The summed E-state index contributed by atoms with van der Waals surface area (Å²) in [5, 5.41) is 0. The van der Waals surface area contributed by atoms with Gasteiger partial charge in [0, 0.05) is 20.3 Å². The third-order valence-electron chi connectivity index (χ3n) is 2.56. The first kappa shape index (κ1) is 14.7. The number of hydrogen-bond donors (Lipinski definition) is 0. The van der Waals surface area contributed by atoms with Crippen molar-refractivity contribution in [3.63, 3.8) is 0 Å². The number of hydrogen-bond acceptors (Lipinski definition) is 5. The highest BCUT2D eigenvalue weighted by atomic mass is 16.6. The van der Waals surface area contributed by atoms with Crippen molar-refractivity contribution in [3.05, 3.63) is 12.2 Å². The van der Waals surface area contributed by atoms with Gasteiger partial charge in [-0.25, -0.2) is 0 Å². The molecule has 0 saturated heterocycles. The summed E-state index contributed by atoms with van der Waals surface area (Å²) in [5.74, 6) is -0.682. The minimum atomic E-state index is -0.420. The van der Waals surface area contributed by atoms with Crippen LogP contribution in [0.15, 0.2) is 12.2 Å². The fourth-order valence-electron chi connectivity index (χ4n) is 1.94. The van der Waals surface area contributed by atoms with Gasteiger partial charge in [-0.15, -0.1) is 0 Å². The summed E-state index contributed by atoms with van der Waals surface area (Å²) < 4.78 is 15.9. The number of ether oxygens (including phenoxy) is 3. The molecule has 0 unspecified atom stereocenters. The van der Waals surface area contributed by atoms with E-state index in [0.717, 1.165) is 0 Å². The Morgan fingerprint density at radius 1 is 1.28 bits per heavy atom. The van der Waals surface area contributed by atoms with Crippen molar-refractivity contribution in [3.8, 4) is 0 Å². The Morgan fingerprint density at radius 2 is 1.94 bits per heavy atom. The normalized spacial score (nSPS) is 28.6. The molecule has 0 fully saturated rings. The second-order valence-corrected chi connectivity index (χ2v) is 4.49. The van der Waals surface area contributed by atoms with Crippen molar-refractivity contribution in [1.29, 1.82) is 0 Å². The molecule has 0 aliphatic carbocycles. The van der Waals surface area contributed by atoms with E-state index in [0.29, 0.717) is 6.42 Å². The van der Waals surface area contributed by atoms with E-state index in [2.05, 4.69) is 0 Å². The Morgan fingerprint density at radius 3 is 2.50 bits per heavy atom. The summed E-state index contributed by atoms with van der Waals surface area (Å²) in [4.78, 5) is 21.9. The average Bonchev–Trinajstić information content (AvgIpc) is 2.20. The fraction of sp³-hybridized carbons (Fsp3) is 0.692. The van der Waals surface area contributed by atoms with Gasteiger partial charge in [-0.3, -0.25) is 9.59 Å². The predicted molar refractivity (Wildman–Crippen MR) is 64.9 cm³/mol. The van der Waals surface area contributed by atoms with Crippen molar-refractivity contribution in [2.75, 3.05) is 0 Å². The molecule has 0 spiro atoms. The molecule has 5 nitrogen and oxygen atoms in total. The molecule has 1 heterocycles. The number of carbonyl (C=O) groups excluding carboxylic acids is 2. The minimum absolute atomic E-state index is 0.0358. The second-order valence-electron chi connectivity index (χ2n) is 4.49. The zero-order valence-electron chi connectivity index (χ0n) is 11.2. The lowest BCUT2D eigenvalue weighted by molar-refractivity contribution is -0.160. The molecule has 0 aromatic heterocycles. The molecule has 4 atom stereocenters. The van der Waals surface area contributed by atoms with Gasteiger partial charge in [-0.2, -0.15) is 0 Å². The van der Waals surface area contributed by atoms with Crippen molar-refractivity contribution >= 4 is 11.9 Å². The molecule has 102 valence electrons. The van der Waals surface area contributed by atoms with E-state index in [-0.39, 0.29) is 30.3 Å². The second kappa shape index (κ2) is 6.54. The summed E-state index contributed by atoms with van der Waals surface area (Å²) in [6, 6.07) is 0. The van der Waals surface area contributed by atoms with Crippen molar-refractivity contribution in [1.82, 2.24) is 0 Å². The van der Waals surface area contributed by atoms with E-state index in [1.165, 1.54) is 13.8 Å².